The van der Waals surface area contributed by atoms with Gasteiger partial charge >= 0.3 is 0 Å². The number of carbonyl (C=O) groups is 1. The van der Waals surface area contributed by atoms with Gasteiger partial charge in [-0.2, -0.15) is 0 Å². The van der Waals surface area contributed by atoms with Gasteiger partial charge in [-0.1, -0.05) is 58.5 Å². The van der Waals surface area contributed by atoms with Gasteiger partial charge in [0.25, 0.3) is 0 Å². The SMILES string of the molecule is NC(=O)c1cc(Cl)ccc1-c1ccc(Cl)c(Cl)c1Cl. The van der Waals surface area contributed by atoms with E-state index in [1.807, 2.05) is 0 Å². The molecule has 2 rings (SSSR count). The van der Waals surface area contributed by atoms with E-state index in [4.69, 9.17) is 52.1 Å². The molecule has 19 heavy (non-hydrogen) atoms. The predicted octanol–water partition coefficient (Wildman–Crippen LogP) is 5.07. The summed E-state index contributed by atoms with van der Waals surface area (Å²) in [5.41, 5.74) is 6.74. The Bertz CT molecular complexity index is 670. The summed E-state index contributed by atoms with van der Waals surface area (Å²) in [5, 5.41) is 1.24. The summed E-state index contributed by atoms with van der Waals surface area (Å²) in [6, 6.07) is 8.06. The summed E-state index contributed by atoms with van der Waals surface area (Å²) < 4.78 is 0. The molecule has 0 bridgehead atoms. The molecule has 0 saturated carbocycles. The van der Waals surface area contributed by atoms with Crippen molar-refractivity contribution in [2.24, 2.45) is 5.73 Å². The summed E-state index contributed by atoms with van der Waals surface area (Å²) in [4.78, 5) is 11.5. The maximum Gasteiger partial charge on any atom is 0.249 e. The van der Waals surface area contributed by atoms with Gasteiger partial charge in [0, 0.05) is 16.1 Å². The Morgan fingerprint density at radius 3 is 2.16 bits per heavy atom. The molecule has 98 valence electrons. The largest absolute Gasteiger partial charge is 0.366 e. The molecule has 0 aliphatic heterocycles. The number of primary amides is 1. The molecule has 0 fully saturated rings. The average Bonchev–Trinajstić information content (AvgIpc) is 2.37. The number of rotatable bonds is 2. The Hall–Kier alpha value is -0.930. The molecular formula is C13H7Cl4NO. The Balaban J connectivity index is 2.72. The van der Waals surface area contributed by atoms with Crippen molar-refractivity contribution in [1.29, 1.82) is 0 Å². The second kappa shape index (κ2) is 5.59. The highest BCUT2D eigenvalue weighted by molar-refractivity contribution is 6.49. The molecule has 0 aliphatic carbocycles. The number of amides is 1. The lowest BCUT2D eigenvalue weighted by atomic mass is 9.99. The molecule has 0 radical (unpaired) electrons. The van der Waals surface area contributed by atoms with E-state index in [0.717, 1.165) is 0 Å². The Morgan fingerprint density at radius 2 is 1.53 bits per heavy atom. The molecule has 0 heterocycles. The van der Waals surface area contributed by atoms with Gasteiger partial charge < -0.3 is 5.73 Å². The van der Waals surface area contributed by atoms with Crippen molar-refractivity contribution in [2.45, 2.75) is 0 Å². The number of benzene rings is 2. The van der Waals surface area contributed by atoms with Gasteiger partial charge in [-0.05, 0) is 23.8 Å². The second-order valence-electron chi connectivity index (χ2n) is 3.78. The number of carbonyl (C=O) groups excluding carboxylic acids is 1. The van der Waals surface area contributed by atoms with Crippen molar-refractivity contribution < 1.29 is 4.79 Å². The highest BCUT2D eigenvalue weighted by Gasteiger charge is 2.16. The van der Waals surface area contributed by atoms with Crippen molar-refractivity contribution in [1.82, 2.24) is 0 Å². The Labute approximate surface area is 130 Å². The van der Waals surface area contributed by atoms with Gasteiger partial charge in [-0.15, -0.1) is 0 Å². The highest BCUT2D eigenvalue weighted by atomic mass is 35.5. The van der Waals surface area contributed by atoms with Gasteiger partial charge in [0.05, 0.1) is 15.1 Å². The fraction of sp³-hybridized carbons (Fsp3) is 0. The quantitative estimate of drug-likeness (QED) is 0.766. The fourth-order valence-corrected chi connectivity index (χ4v) is 2.50. The van der Waals surface area contributed by atoms with Crippen LogP contribution in [0.15, 0.2) is 30.3 Å². The topological polar surface area (TPSA) is 43.1 Å². The average molecular weight is 335 g/mol. The monoisotopic (exact) mass is 333 g/mol. The van der Waals surface area contributed by atoms with Crippen molar-refractivity contribution in [2.75, 3.05) is 0 Å². The number of nitrogens with two attached hydrogens (primary N) is 1. The molecule has 2 N–H and O–H groups in total. The Kier molecular flexibility index (Phi) is 4.26. The van der Waals surface area contributed by atoms with E-state index in [1.165, 1.54) is 6.07 Å². The smallest absolute Gasteiger partial charge is 0.249 e. The lowest BCUT2D eigenvalue weighted by Gasteiger charge is -2.11. The van der Waals surface area contributed by atoms with Crippen LogP contribution in [0.5, 0.6) is 0 Å². The molecule has 2 nitrogen and oxygen atoms in total. The van der Waals surface area contributed by atoms with Crippen LogP contribution in [0.1, 0.15) is 10.4 Å². The summed E-state index contributed by atoms with van der Waals surface area (Å²) in [5.74, 6) is -0.598. The molecule has 0 aliphatic rings. The van der Waals surface area contributed by atoms with E-state index in [9.17, 15) is 4.79 Å². The molecule has 0 atom stereocenters. The predicted molar refractivity (Wildman–Crippen MR) is 80.4 cm³/mol. The van der Waals surface area contributed by atoms with Crippen LogP contribution in [-0.2, 0) is 0 Å². The third-order valence-electron chi connectivity index (χ3n) is 2.57. The first-order valence-electron chi connectivity index (χ1n) is 5.15. The summed E-state index contributed by atoms with van der Waals surface area (Å²) in [6.07, 6.45) is 0. The van der Waals surface area contributed by atoms with Crippen LogP contribution in [0.2, 0.25) is 20.1 Å². The highest BCUT2D eigenvalue weighted by Crippen LogP contribution is 2.39. The first-order chi connectivity index (χ1) is 8.91. The first kappa shape index (κ1) is 14.5. The first-order valence-corrected chi connectivity index (χ1v) is 6.66. The minimum absolute atomic E-state index is 0.228. The molecule has 0 unspecified atom stereocenters. The minimum atomic E-state index is -0.598. The van der Waals surface area contributed by atoms with Gasteiger partial charge in [0.1, 0.15) is 0 Å². The second-order valence-corrected chi connectivity index (χ2v) is 5.38. The van der Waals surface area contributed by atoms with Crippen LogP contribution in [0.3, 0.4) is 0 Å². The molecular weight excluding hydrogens is 328 g/mol. The van der Waals surface area contributed by atoms with Crippen molar-refractivity contribution in [3.05, 3.63) is 56.0 Å². The lowest BCUT2D eigenvalue weighted by Crippen LogP contribution is -2.12. The molecule has 1 amide bonds. The van der Waals surface area contributed by atoms with Crippen LogP contribution >= 0.6 is 46.4 Å². The molecule has 0 aromatic heterocycles. The maximum absolute atomic E-state index is 11.5. The summed E-state index contributed by atoms with van der Waals surface area (Å²) in [6.45, 7) is 0. The van der Waals surface area contributed by atoms with Gasteiger partial charge in [-0.25, -0.2) is 0 Å². The Morgan fingerprint density at radius 1 is 0.895 bits per heavy atom. The van der Waals surface area contributed by atoms with Crippen LogP contribution in [0, 0.1) is 0 Å². The van der Waals surface area contributed by atoms with E-state index >= 15 is 0 Å². The van der Waals surface area contributed by atoms with E-state index in [-0.39, 0.29) is 15.6 Å². The van der Waals surface area contributed by atoms with Gasteiger partial charge in [0.15, 0.2) is 0 Å². The normalized spacial score (nSPS) is 10.5. The number of halogens is 4. The van der Waals surface area contributed by atoms with E-state index in [2.05, 4.69) is 0 Å². The summed E-state index contributed by atoms with van der Waals surface area (Å²) in [7, 11) is 0. The van der Waals surface area contributed by atoms with Crippen LogP contribution in [0.25, 0.3) is 11.1 Å². The standard InChI is InChI=1S/C13H7Cl4NO/c14-6-1-2-7(9(5-6)13(18)19)8-3-4-10(15)12(17)11(8)16/h1-5H,(H2,18,19). The van der Waals surface area contributed by atoms with Crippen LogP contribution < -0.4 is 5.73 Å². The fourth-order valence-electron chi connectivity index (χ4n) is 1.69. The third-order valence-corrected chi connectivity index (χ3v) is 4.10. The van der Waals surface area contributed by atoms with Crippen LogP contribution in [-0.4, -0.2) is 5.91 Å². The molecule has 0 spiro atoms. The lowest BCUT2D eigenvalue weighted by molar-refractivity contribution is 0.100. The molecule has 0 saturated heterocycles. The molecule has 2 aromatic carbocycles. The zero-order valence-corrected chi connectivity index (χ0v) is 12.4. The van der Waals surface area contributed by atoms with Gasteiger partial charge in [-0.3, -0.25) is 4.79 Å². The minimum Gasteiger partial charge on any atom is -0.366 e. The zero-order chi connectivity index (χ0) is 14.2. The third kappa shape index (κ3) is 2.82. The van der Waals surface area contributed by atoms with Crippen molar-refractivity contribution in [3.63, 3.8) is 0 Å². The van der Waals surface area contributed by atoms with Crippen molar-refractivity contribution >= 4 is 52.3 Å². The van der Waals surface area contributed by atoms with Crippen LogP contribution in [0.4, 0.5) is 0 Å². The zero-order valence-electron chi connectivity index (χ0n) is 9.38. The molecule has 6 heteroatoms. The maximum atomic E-state index is 11.5. The van der Waals surface area contributed by atoms with E-state index in [1.54, 1.807) is 24.3 Å². The summed E-state index contributed by atoms with van der Waals surface area (Å²) >= 11 is 23.9. The van der Waals surface area contributed by atoms with Gasteiger partial charge in [0.2, 0.25) is 5.91 Å². The molecule has 2 aromatic rings. The van der Waals surface area contributed by atoms with E-state index < -0.39 is 5.91 Å². The van der Waals surface area contributed by atoms with E-state index in [0.29, 0.717) is 21.2 Å². The number of hydrogen-bond acceptors (Lipinski definition) is 1. The number of hydrogen-bond donors (Lipinski definition) is 1. The van der Waals surface area contributed by atoms with Crippen molar-refractivity contribution in [3.8, 4) is 11.1 Å².